The lowest BCUT2D eigenvalue weighted by Crippen LogP contribution is -2.51. The number of halogens is 2. The van der Waals surface area contributed by atoms with Crippen molar-refractivity contribution in [2.45, 2.75) is 44.2 Å². The Hall–Kier alpha value is -2.03. The topological polar surface area (TPSA) is 140 Å². The van der Waals surface area contributed by atoms with Gasteiger partial charge in [-0.25, -0.2) is 0 Å². The SMILES string of the molecule is Cl.Cl.NC(N)=NCCCCNC(=O)[C@@H]1CCCN1C(=O)[C@H](N)Cc1ccccc1. The molecule has 1 aromatic carbocycles. The number of nitrogens with one attached hydrogen (secondary N) is 1. The Morgan fingerprint density at radius 1 is 1.17 bits per heavy atom. The molecule has 0 aromatic heterocycles. The van der Waals surface area contributed by atoms with Gasteiger partial charge < -0.3 is 27.4 Å². The molecule has 0 spiro atoms. The van der Waals surface area contributed by atoms with E-state index in [1.54, 1.807) is 4.90 Å². The van der Waals surface area contributed by atoms with Crippen LogP contribution in [0.1, 0.15) is 31.2 Å². The van der Waals surface area contributed by atoms with Crippen molar-refractivity contribution >= 4 is 42.6 Å². The van der Waals surface area contributed by atoms with Crippen molar-refractivity contribution < 1.29 is 9.59 Å². The first kappa shape index (κ1) is 27.0. The molecule has 29 heavy (non-hydrogen) atoms. The van der Waals surface area contributed by atoms with Crippen molar-refractivity contribution in [3.8, 4) is 0 Å². The number of nitrogens with two attached hydrogens (primary N) is 3. The summed E-state index contributed by atoms with van der Waals surface area (Å²) in [5.41, 5.74) is 17.7. The lowest BCUT2D eigenvalue weighted by atomic mass is 10.1. The van der Waals surface area contributed by atoms with Crippen LogP contribution in [0.4, 0.5) is 0 Å². The molecule has 1 aliphatic rings. The first-order valence-electron chi connectivity index (χ1n) is 9.42. The van der Waals surface area contributed by atoms with Crippen LogP contribution in [0.2, 0.25) is 0 Å². The van der Waals surface area contributed by atoms with Crippen molar-refractivity contribution in [2.75, 3.05) is 19.6 Å². The summed E-state index contributed by atoms with van der Waals surface area (Å²) in [5, 5.41) is 2.90. The number of guanidine groups is 1. The number of nitrogens with zero attached hydrogens (tertiary/aromatic N) is 2. The fourth-order valence-corrected chi connectivity index (χ4v) is 3.25. The highest BCUT2D eigenvalue weighted by atomic mass is 35.5. The van der Waals surface area contributed by atoms with E-state index in [0.717, 1.165) is 24.8 Å². The van der Waals surface area contributed by atoms with E-state index in [9.17, 15) is 9.59 Å². The molecule has 7 N–H and O–H groups in total. The number of hydrogen-bond acceptors (Lipinski definition) is 4. The summed E-state index contributed by atoms with van der Waals surface area (Å²) in [6.45, 7) is 1.65. The zero-order valence-corrected chi connectivity index (χ0v) is 18.1. The Balaban J connectivity index is 0.00000392. The standard InChI is InChI=1S/C19H30N6O2.2ClH/c20-15(13-14-7-2-1-3-8-14)18(27)25-12-6-9-16(25)17(26)23-10-4-5-11-24-19(21)22;;/h1-3,7-8,15-16H,4-6,9-13,20H2,(H,23,26)(H4,21,22,24);2*1H/t15-,16+;;/m1../s1. The number of benzene rings is 1. The third-order valence-corrected chi connectivity index (χ3v) is 4.63. The van der Waals surface area contributed by atoms with Crippen molar-refractivity contribution in [1.29, 1.82) is 0 Å². The number of carbonyl (C=O) groups is 2. The molecule has 1 heterocycles. The minimum atomic E-state index is -0.639. The molecule has 164 valence electrons. The number of hydrogen-bond donors (Lipinski definition) is 4. The molecule has 2 rings (SSSR count). The summed E-state index contributed by atoms with van der Waals surface area (Å²) in [7, 11) is 0. The van der Waals surface area contributed by atoms with Gasteiger partial charge in [0.2, 0.25) is 11.8 Å². The van der Waals surface area contributed by atoms with Crippen LogP contribution in [-0.2, 0) is 16.0 Å². The van der Waals surface area contributed by atoms with Crippen LogP contribution in [0.3, 0.4) is 0 Å². The van der Waals surface area contributed by atoms with E-state index in [4.69, 9.17) is 17.2 Å². The van der Waals surface area contributed by atoms with Gasteiger partial charge in [0.25, 0.3) is 0 Å². The van der Waals surface area contributed by atoms with Gasteiger partial charge in [-0.2, -0.15) is 0 Å². The molecule has 1 aliphatic heterocycles. The van der Waals surface area contributed by atoms with Gasteiger partial charge >= 0.3 is 0 Å². The summed E-state index contributed by atoms with van der Waals surface area (Å²) < 4.78 is 0. The van der Waals surface area contributed by atoms with E-state index in [1.807, 2.05) is 30.3 Å². The van der Waals surface area contributed by atoms with Gasteiger partial charge in [0.05, 0.1) is 6.04 Å². The lowest BCUT2D eigenvalue weighted by Gasteiger charge is -2.26. The summed E-state index contributed by atoms with van der Waals surface area (Å²) >= 11 is 0. The first-order valence-corrected chi connectivity index (χ1v) is 9.42. The quantitative estimate of drug-likeness (QED) is 0.249. The predicted molar refractivity (Wildman–Crippen MR) is 120 cm³/mol. The van der Waals surface area contributed by atoms with Gasteiger partial charge in [-0.15, -0.1) is 24.8 Å². The lowest BCUT2D eigenvalue weighted by molar-refractivity contribution is -0.139. The van der Waals surface area contributed by atoms with Crippen molar-refractivity contribution in [2.24, 2.45) is 22.2 Å². The molecule has 10 heteroatoms. The average molecular weight is 447 g/mol. The second kappa shape index (κ2) is 14.0. The molecular weight excluding hydrogens is 415 g/mol. The van der Waals surface area contributed by atoms with Crippen LogP contribution in [0.15, 0.2) is 35.3 Å². The van der Waals surface area contributed by atoms with Gasteiger partial charge in [0.1, 0.15) is 6.04 Å². The van der Waals surface area contributed by atoms with E-state index in [-0.39, 0.29) is 42.6 Å². The summed E-state index contributed by atoms with van der Waals surface area (Å²) in [6.07, 6.45) is 3.51. The van der Waals surface area contributed by atoms with Crippen LogP contribution in [0.25, 0.3) is 0 Å². The normalized spacial score (nSPS) is 16.2. The van der Waals surface area contributed by atoms with Crippen LogP contribution >= 0.6 is 24.8 Å². The second-order valence-electron chi connectivity index (χ2n) is 6.79. The molecule has 2 atom stereocenters. The van der Waals surface area contributed by atoms with E-state index < -0.39 is 12.1 Å². The number of unbranched alkanes of at least 4 members (excludes halogenated alkanes) is 1. The van der Waals surface area contributed by atoms with E-state index >= 15 is 0 Å². The van der Waals surface area contributed by atoms with Crippen LogP contribution in [0, 0.1) is 0 Å². The van der Waals surface area contributed by atoms with E-state index in [0.29, 0.717) is 32.5 Å². The fourth-order valence-electron chi connectivity index (χ4n) is 3.25. The Morgan fingerprint density at radius 2 is 1.86 bits per heavy atom. The minimum absolute atomic E-state index is 0. The Bertz CT molecular complexity index is 655. The third kappa shape index (κ3) is 8.89. The van der Waals surface area contributed by atoms with Crippen molar-refractivity contribution in [3.63, 3.8) is 0 Å². The van der Waals surface area contributed by atoms with Gasteiger partial charge in [-0.05, 0) is 37.7 Å². The summed E-state index contributed by atoms with van der Waals surface area (Å²) in [4.78, 5) is 30.7. The number of aliphatic imine (C=N–C) groups is 1. The molecule has 0 radical (unpaired) electrons. The third-order valence-electron chi connectivity index (χ3n) is 4.63. The maximum absolute atomic E-state index is 12.7. The van der Waals surface area contributed by atoms with Crippen LogP contribution in [0.5, 0.6) is 0 Å². The van der Waals surface area contributed by atoms with E-state index in [2.05, 4.69) is 10.3 Å². The maximum atomic E-state index is 12.7. The average Bonchev–Trinajstić information content (AvgIpc) is 3.14. The number of likely N-dealkylation sites (tertiary alicyclic amines) is 1. The zero-order chi connectivity index (χ0) is 19.6. The molecule has 8 nitrogen and oxygen atoms in total. The van der Waals surface area contributed by atoms with Crippen LogP contribution in [-0.4, -0.2) is 54.4 Å². The van der Waals surface area contributed by atoms with Crippen molar-refractivity contribution in [1.82, 2.24) is 10.2 Å². The molecule has 1 aromatic rings. The second-order valence-corrected chi connectivity index (χ2v) is 6.79. The Morgan fingerprint density at radius 3 is 2.52 bits per heavy atom. The van der Waals surface area contributed by atoms with Gasteiger partial charge in [0.15, 0.2) is 5.96 Å². The largest absolute Gasteiger partial charge is 0.370 e. The Kier molecular flexibility index (Phi) is 13.0. The smallest absolute Gasteiger partial charge is 0.242 e. The molecule has 1 saturated heterocycles. The fraction of sp³-hybridized carbons (Fsp3) is 0.526. The number of amides is 2. The van der Waals surface area contributed by atoms with Gasteiger partial charge in [-0.1, -0.05) is 30.3 Å². The molecule has 0 unspecified atom stereocenters. The first-order chi connectivity index (χ1) is 13.0. The molecule has 0 saturated carbocycles. The highest BCUT2D eigenvalue weighted by Gasteiger charge is 2.35. The molecule has 0 bridgehead atoms. The molecular formula is C19H32Cl2N6O2. The molecule has 0 aliphatic carbocycles. The van der Waals surface area contributed by atoms with E-state index in [1.165, 1.54) is 0 Å². The predicted octanol–water partition coefficient (Wildman–Crippen LogP) is 0.561. The molecule has 1 fully saturated rings. The Labute approximate surface area is 184 Å². The zero-order valence-electron chi connectivity index (χ0n) is 16.5. The van der Waals surface area contributed by atoms with Crippen LogP contribution < -0.4 is 22.5 Å². The summed E-state index contributed by atoms with van der Waals surface area (Å²) in [5.74, 6) is -0.204. The number of carbonyl (C=O) groups excluding carboxylic acids is 2. The minimum Gasteiger partial charge on any atom is -0.370 e. The maximum Gasteiger partial charge on any atom is 0.242 e. The van der Waals surface area contributed by atoms with Crippen molar-refractivity contribution in [3.05, 3.63) is 35.9 Å². The molecule has 2 amide bonds. The van der Waals surface area contributed by atoms with Gasteiger partial charge in [-0.3, -0.25) is 14.6 Å². The highest BCUT2D eigenvalue weighted by Crippen LogP contribution is 2.19. The highest BCUT2D eigenvalue weighted by molar-refractivity contribution is 5.90. The van der Waals surface area contributed by atoms with Gasteiger partial charge in [0, 0.05) is 19.6 Å². The summed E-state index contributed by atoms with van der Waals surface area (Å²) in [6, 6.07) is 8.59. The monoisotopic (exact) mass is 446 g/mol. The number of rotatable bonds is 9.